The van der Waals surface area contributed by atoms with E-state index in [9.17, 15) is 4.79 Å². The molecule has 0 unspecified atom stereocenters. The minimum Gasteiger partial charge on any atom is -0.445 e. The maximum atomic E-state index is 12.6. The molecule has 2 aliphatic rings. The van der Waals surface area contributed by atoms with Gasteiger partial charge in [-0.1, -0.05) is 79.7 Å². The van der Waals surface area contributed by atoms with Crippen molar-refractivity contribution in [3.05, 3.63) is 88.8 Å². The molecule has 2 aromatic carbocycles. The average molecular weight is 531 g/mol. The van der Waals surface area contributed by atoms with Crippen molar-refractivity contribution in [1.82, 2.24) is 10.5 Å². The highest BCUT2D eigenvalue weighted by molar-refractivity contribution is 5.67. The third kappa shape index (κ3) is 7.72. The number of carbonyl (C=O) groups is 1. The van der Waals surface area contributed by atoms with Gasteiger partial charge in [0.05, 0.1) is 12.3 Å². The zero-order valence-corrected chi connectivity index (χ0v) is 23.3. The second kappa shape index (κ2) is 13.3. The molecule has 1 aromatic heterocycles. The lowest BCUT2D eigenvalue weighted by Crippen LogP contribution is -2.30. The van der Waals surface area contributed by atoms with Crippen LogP contribution >= 0.6 is 0 Å². The van der Waals surface area contributed by atoms with E-state index in [2.05, 4.69) is 36.5 Å². The standard InChI is InChI=1S/C33H42N2O4/c1-23(2)17-26-18-29(19-26)32-30(27-13-14-27)31(35-39-32)28(15-16-37-21-24-9-5-3-6-10-24)20-34-33(36)38-22-25-11-7-4-8-12-25/h3-12,23,26-29H,13-22H2,1-2H3,(H,34,36)/t26?,28-,29?/m1/s1. The normalized spacial score (nSPS) is 19.5. The van der Waals surface area contributed by atoms with Crippen LogP contribution in [0.15, 0.2) is 65.2 Å². The van der Waals surface area contributed by atoms with Gasteiger partial charge in [-0.15, -0.1) is 0 Å². The summed E-state index contributed by atoms with van der Waals surface area (Å²) >= 11 is 0. The predicted molar refractivity (Wildman–Crippen MR) is 151 cm³/mol. The Kier molecular flexibility index (Phi) is 9.36. The van der Waals surface area contributed by atoms with E-state index in [1.165, 1.54) is 37.7 Å². The van der Waals surface area contributed by atoms with Gasteiger partial charge in [0.15, 0.2) is 0 Å². The molecular weight excluding hydrogens is 488 g/mol. The molecule has 6 heteroatoms. The van der Waals surface area contributed by atoms with Gasteiger partial charge >= 0.3 is 6.09 Å². The topological polar surface area (TPSA) is 73.6 Å². The van der Waals surface area contributed by atoms with E-state index in [1.807, 2.05) is 48.5 Å². The Morgan fingerprint density at radius 3 is 2.28 bits per heavy atom. The van der Waals surface area contributed by atoms with E-state index < -0.39 is 6.09 Å². The lowest BCUT2D eigenvalue weighted by Gasteiger charge is -2.35. The van der Waals surface area contributed by atoms with Crippen molar-refractivity contribution in [2.75, 3.05) is 13.2 Å². The fraction of sp³-hybridized carbons (Fsp3) is 0.515. The van der Waals surface area contributed by atoms with Gasteiger partial charge in [-0.25, -0.2) is 4.79 Å². The number of hydrogen-bond acceptors (Lipinski definition) is 5. The van der Waals surface area contributed by atoms with Crippen LogP contribution in [0.25, 0.3) is 0 Å². The van der Waals surface area contributed by atoms with E-state index >= 15 is 0 Å². The van der Waals surface area contributed by atoms with Crippen molar-refractivity contribution in [2.24, 2.45) is 11.8 Å². The van der Waals surface area contributed by atoms with Gasteiger partial charge in [0.25, 0.3) is 0 Å². The predicted octanol–water partition coefficient (Wildman–Crippen LogP) is 7.71. The summed E-state index contributed by atoms with van der Waals surface area (Å²) in [5.74, 6) is 3.64. The first kappa shape index (κ1) is 27.4. The summed E-state index contributed by atoms with van der Waals surface area (Å²) in [7, 11) is 0. The summed E-state index contributed by atoms with van der Waals surface area (Å²) < 4.78 is 17.6. The molecule has 0 aliphatic heterocycles. The van der Waals surface area contributed by atoms with E-state index in [1.54, 1.807) is 0 Å². The van der Waals surface area contributed by atoms with Gasteiger partial charge in [0.1, 0.15) is 12.4 Å². The third-order valence-electron chi connectivity index (χ3n) is 8.00. The van der Waals surface area contributed by atoms with Gasteiger partial charge in [-0.2, -0.15) is 0 Å². The molecule has 3 aromatic rings. The Bertz CT molecular complexity index is 1170. The maximum absolute atomic E-state index is 12.6. The summed E-state index contributed by atoms with van der Waals surface area (Å²) in [6.45, 7) is 6.44. The SMILES string of the molecule is CC(C)CC1CC(c2onc([C@H](CCOCc3ccccc3)CNC(=O)OCc3ccccc3)c2C2CC2)C1. The summed E-state index contributed by atoms with van der Waals surface area (Å²) in [6, 6.07) is 19.9. The van der Waals surface area contributed by atoms with Crippen LogP contribution < -0.4 is 5.32 Å². The fourth-order valence-electron chi connectivity index (χ4n) is 5.81. The van der Waals surface area contributed by atoms with E-state index in [-0.39, 0.29) is 12.5 Å². The molecule has 2 saturated carbocycles. The number of amides is 1. The van der Waals surface area contributed by atoms with Gasteiger partial charge in [-0.3, -0.25) is 0 Å². The van der Waals surface area contributed by atoms with Crippen molar-refractivity contribution in [3.8, 4) is 0 Å². The molecule has 0 spiro atoms. The lowest BCUT2D eigenvalue weighted by molar-refractivity contribution is 0.111. The van der Waals surface area contributed by atoms with E-state index in [4.69, 9.17) is 14.0 Å². The first-order chi connectivity index (χ1) is 19.1. The first-order valence-electron chi connectivity index (χ1n) is 14.6. The largest absolute Gasteiger partial charge is 0.445 e. The second-order valence-electron chi connectivity index (χ2n) is 11.8. The Hall–Kier alpha value is -3.12. The summed E-state index contributed by atoms with van der Waals surface area (Å²) in [5, 5.41) is 7.65. The molecule has 1 heterocycles. The number of hydrogen-bond donors (Lipinski definition) is 1. The van der Waals surface area contributed by atoms with Crippen LogP contribution in [0.3, 0.4) is 0 Å². The van der Waals surface area contributed by atoms with Gasteiger partial charge in [0, 0.05) is 30.6 Å². The quantitative estimate of drug-likeness (QED) is 0.216. The highest BCUT2D eigenvalue weighted by atomic mass is 16.5. The molecule has 6 nitrogen and oxygen atoms in total. The van der Waals surface area contributed by atoms with E-state index in [0.717, 1.165) is 40.8 Å². The van der Waals surface area contributed by atoms with Crippen molar-refractivity contribution >= 4 is 6.09 Å². The number of nitrogens with zero attached hydrogens (tertiary/aromatic N) is 1. The van der Waals surface area contributed by atoms with Crippen molar-refractivity contribution < 1.29 is 18.8 Å². The highest BCUT2D eigenvalue weighted by Gasteiger charge is 2.41. The van der Waals surface area contributed by atoms with Crippen LogP contribution in [0, 0.1) is 11.8 Å². The number of rotatable bonds is 14. The number of alkyl carbamates (subject to hydrolysis) is 1. The van der Waals surface area contributed by atoms with Crippen LogP contribution in [-0.2, 0) is 22.7 Å². The Morgan fingerprint density at radius 2 is 1.64 bits per heavy atom. The monoisotopic (exact) mass is 530 g/mol. The summed E-state index contributed by atoms with van der Waals surface area (Å²) in [4.78, 5) is 12.6. The molecule has 208 valence electrons. The maximum Gasteiger partial charge on any atom is 0.407 e. The Labute approximate surface area is 232 Å². The van der Waals surface area contributed by atoms with Crippen molar-refractivity contribution in [1.29, 1.82) is 0 Å². The Balaban J connectivity index is 1.23. The molecule has 39 heavy (non-hydrogen) atoms. The smallest absolute Gasteiger partial charge is 0.407 e. The third-order valence-corrected chi connectivity index (χ3v) is 8.00. The molecule has 1 atom stereocenters. The number of carbonyl (C=O) groups excluding carboxylic acids is 1. The molecule has 0 radical (unpaired) electrons. The average Bonchev–Trinajstić information content (AvgIpc) is 3.68. The van der Waals surface area contributed by atoms with Crippen LogP contribution in [0.5, 0.6) is 0 Å². The fourth-order valence-corrected chi connectivity index (χ4v) is 5.81. The second-order valence-corrected chi connectivity index (χ2v) is 11.8. The molecular formula is C33H42N2O4. The van der Waals surface area contributed by atoms with Gasteiger partial charge in [-0.05, 0) is 67.4 Å². The van der Waals surface area contributed by atoms with Crippen LogP contribution in [0.2, 0.25) is 0 Å². The van der Waals surface area contributed by atoms with Crippen LogP contribution in [-0.4, -0.2) is 24.4 Å². The van der Waals surface area contributed by atoms with Crippen LogP contribution in [0.1, 0.15) is 98.3 Å². The van der Waals surface area contributed by atoms with Gasteiger partial charge < -0.3 is 19.3 Å². The minimum atomic E-state index is -0.415. The summed E-state index contributed by atoms with van der Waals surface area (Å²) in [5.41, 5.74) is 4.44. The first-order valence-corrected chi connectivity index (χ1v) is 14.6. The molecule has 0 saturated heterocycles. The van der Waals surface area contributed by atoms with E-state index in [0.29, 0.717) is 31.6 Å². The lowest BCUT2D eigenvalue weighted by atomic mass is 9.69. The summed E-state index contributed by atoms with van der Waals surface area (Å²) in [6.07, 6.45) is 6.38. The number of benzene rings is 2. The number of ether oxygens (including phenoxy) is 2. The van der Waals surface area contributed by atoms with Crippen LogP contribution in [0.4, 0.5) is 4.79 Å². The minimum absolute atomic E-state index is 0.00434. The molecule has 0 bridgehead atoms. The zero-order valence-electron chi connectivity index (χ0n) is 23.3. The molecule has 5 rings (SSSR count). The van der Waals surface area contributed by atoms with Crippen molar-refractivity contribution in [2.45, 2.75) is 83.3 Å². The highest BCUT2D eigenvalue weighted by Crippen LogP contribution is 2.52. The van der Waals surface area contributed by atoms with Gasteiger partial charge in [0.2, 0.25) is 0 Å². The number of nitrogens with one attached hydrogen (secondary N) is 1. The molecule has 1 amide bonds. The molecule has 1 N–H and O–H groups in total. The number of aromatic nitrogens is 1. The Morgan fingerprint density at radius 1 is 0.974 bits per heavy atom. The van der Waals surface area contributed by atoms with Crippen molar-refractivity contribution in [3.63, 3.8) is 0 Å². The molecule has 2 aliphatic carbocycles. The zero-order chi connectivity index (χ0) is 27.0. The molecule has 2 fully saturated rings.